The number of hydrogen-bond acceptors (Lipinski definition) is 5. The normalized spacial score (nSPS) is 13.8. The molecular weight excluding hydrogens is 258 g/mol. The topological polar surface area (TPSA) is 76.8 Å². The van der Waals surface area contributed by atoms with Crippen LogP contribution in [-0.2, 0) is 22.7 Å². The number of nitrogens with two attached hydrogens (primary N) is 1. The van der Waals surface area contributed by atoms with Gasteiger partial charge in [-0.05, 0) is 19.2 Å². The number of carbonyl (C=O) groups excluding carboxylic acids is 1. The summed E-state index contributed by atoms with van der Waals surface area (Å²) >= 11 is 0. The summed E-state index contributed by atoms with van der Waals surface area (Å²) in [4.78, 5) is 13.3. The van der Waals surface area contributed by atoms with Crippen LogP contribution in [0.5, 0.6) is 5.75 Å². The van der Waals surface area contributed by atoms with Gasteiger partial charge in [0.25, 0.3) is 0 Å². The molecule has 0 saturated carbocycles. The van der Waals surface area contributed by atoms with Crippen molar-refractivity contribution in [2.24, 2.45) is 0 Å². The molecule has 0 atom stereocenters. The van der Waals surface area contributed by atoms with Crippen LogP contribution in [0.1, 0.15) is 17.5 Å². The molecule has 0 aromatic heterocycles. The van der Waals surface area contributed by atoms with Gasteiger partial charge in [-0.2, -0.15) is 0 Å². The van der Waals surface area contributed by atoms with Crippen LogP contribution in [0.3, 0.4) is 0 Å². The number of rotatable bonds is 5. The van der Waals surface area contributed by atoms with Crippen molar-refractivity contribution in [3.05, 3.63) is 23.3 Å². The molecule has 0 radical (unpaired) electrons. The molecule has 0 saturated heterocycles. The third-order valence-corrected chi connectivity index (χ3v) is 3.25. The second-order valence-corrected chi connectivity index (χ2v) is 4.94. The number of nitrogen functional groups attached to an aromatic ring is 1. The van der Waals surface area contributed by atoms with Gasteiger partial charge in [-0.25, -0.2) is 0 Å². The fourth-order valence-electron chi connectivity index (χ4n) is 2.23. The molecule has 0 aliphatic carbocycles. The summed E-state index contributed by atoms with van der Waals surface area (Å²) in [6, 6.07) is 3.79. The zero-order chi connectivity index (χ0) is 14.5. The molecule has 6 heteroatoms. The molecule has 6 nitrogen and oxygen atoms in total. The van der Waals surface area contributed by atoms with Crippen LogP contribution in [-0.4, -0.2) is 38.2 Å². The lowest BCUT2D eigenvalue weighted by molar-refractivity contribution is -0.120. The van der Waals surface area contributed by atoms with Crippen molar-refractivity contribution in [2.45, 2.75) is 19.6 Å². The average molecular weight is 279 g/mol. The van der Waals surface area contributed by atoms with Crippen LogP contribution in [0.4, 0.5) is 5.69 Å². The number of carbonyl (C=O) groups is 1. The summed E-state index contributed by atoms with van der Waals surface area (Å²) < 4.78 is 10.8. The molecule has 2 rings (SSSR count). The van der Waals surface area contributed by atoms with Gasteiger partial charge in [0.2, 0.25) is 5.91 Å². The van der Waals surface area contributed by atoms with Crippen LogP contribution in [0.25, 0.3) is 0 Å². The molecule has 1 aromatic carbocycles. The first-order valence-electron chi connectivity index (χ1n) is 6.61. The van der Waals surface area contributed by atoms with Crippen LogP contribution in [0.2, 0.25) is 0 Å². The van der Waals surface area contributed by atoms with E-state index in [-0.39, 0.29) is 12.7 Å². The summed E-state index contributed by atoms with van der Waals surface area (Å²) in [5, 5.41) is 2.62. The van der Waals surface area contributed by atoms with Crippen molar-refractivity contribution < 1.29 is 14.3 Å². The fourth-order valence-corrected chi connectivity index (χ4v) is 2.23. The molecule has 0 bridgehead atoms. The van der Waals surface area contributed by atoms with Crippen molar-refractivity contribution in [3.63, 3.8) is 0 Å². The standard InChI is InChI=1S/C14H21N3O3/c1-16-13(18)3-4-17(2)7-10-5-12(15)6-11-8-19-9-20-14(10)11/h5-6H,3-4,7-9,15H2,1-2H3,(H,16,18). The highest BCUT2D eigenvalue weighted by molar-refractivity contribution is 5.75. The van der Waals surface area contributed by atoms with Gasteiger partial charge < -0.3 is 25.4 Å². The average Bonchev–Trinajstić information content (AvgIpc) is 2.44. The van der Waals surface area contributed by atoms with E-state index in [1.54, 1.807) is 7.05 Å². The van der Waals surface area contributed by atoms with Crippen molar-refractivity contribution in [1.29, 1.82) is 0 Å². The maximum atomic E-state index is 11.3. The molecule has 0 fully saturated rings. The SMILES string of the molecule is CNC(=O)CCN(C)Cc1cc(N)cc2c1OCOC2. The fraction of sp³-hybridized carbons (Fsp3) is 0.500. The predicted molar refractivity (Wildman–Crippen MR) is 76.2 cm³/mol. The van der Waals surface area contributed by atoms with Crippen molar-refractivity contribution in [1.82, 2.24) is 10.2 Å². The Balaban J connectivity index is 2.05. The van der Waals surface area contributed by atoms with E-state index in [1.165, 1.54) is 0 Å². The highest BCUT2D eigenvalue weighted by Crippen LogP contribution is 2.31. The minimum Gasteiger partial charge on any atom is -0.467 e. The smallest absolute Gasteiger partial charge is 0.221 e. The number of nitrogens with zero attached hydrogens (tertiary/aromatic N) is 1. The van der Waals surface area contributed by atoms with E-state index in [4.69, 9.17) is 15.2 Å². The molecule has 1 heterocycles. The highest BCUT2D eigenvalue weighted by atomic mass is 16.7. The third-order valence-electron chi connectivity index (χ3n) is 3.25. The largest absolute Gasteiger partial charge is 0.467 e. The Hall–Kier alpha value is -1.79. The first-order valence-corrected chi connectivity index (χ1v) is 6.61. The Labute approximate surface area is 118 Å². The Kier molecular flexibility index (Phi) is 4.81. The van der Waals surface area contributed by atoms with E-state index >= 15 is 0 Å². The first-order chi connectivity index (χ1) is 9.60. The summed E-state index contributed by atoms with van der Waals surface area (Å²) in [7, 11) is 3.61. The number of amides is 1. The van der Waals surface area contributed by atoms with Gasteiger partial charge in [-0.1, -0.05) is 0 Å². The molecule has 1 amide bonds. The second-order valence-electron chi connectivity index (χ2n) is 4.94. The van der Waals surface area contributed by atoms with Crippen LogP contribution < -0.4 is 15.8 Å². The van der Waals surface area contributed by atoms with Gasteiger partial charge in [0.05, 0.1) is 6.61 Å². The van der Waals surface area contributed by atoms with Crippen molar-refractivity contribution in [2.75, 3.05) is 33.2 Å². The molecule has 1 aromatic rings. The van der Waals surface area contributed by atoms with Crippen molar-refractivity contribution in [3.8, 4) is 5.75 Å². The minimum atomic E-state index is 0.0381. The van der Waals surface area contributed by atoms with Gasteiger partial charge in [-0.3, -0.25) is 4.79 Å². The number of benzene rings is 1. The first kappa shape index (κ1) is 14.6. The lowest BCUT2D eigenvalue weighted by Gasteiger charge is -2.24. The highest BCUT2D eigenvalue weighted by Gasteiger charge is 2.17. The molecule has 0 unspecified atom stereocenters. The molecule has 3 N–H and O–H groups in total. The van der Waals surface area contributed by atoms with E-state index in [0.717, 1.165) is 16.9 Å². The zero-order valence-electron chi connectivity index (χ0n) is 11.9. The third kappa shape index (κ3) is 3.61. The van der Waals surface area contributed by atoms with Gasteiger partial charge in [0.15, 0.2) is 6.79 Å². The van der Waals surface area contributed by atoms with Gasteiger partial charge in [0, 0.05) is 43.4 Å². The summed E-state index contributed by atoms with van der Waals surface area (Å²) in [6.07, 6.45) is 0.474. The van der Waals surface area contributed by atoms with Gasteiger partial charge in [-0.15, -0.1) is 0 Å². The molecule has 110 valence electrons. The quantitative estimate of drug-likeness (QED) is 0.776. The number of fused-ring (bicyclic) bond motifs is 1. The molecule has 20 heavy (non-hydrogen) atoms. The number of nitrogens with one attached hydrogen (secondary N) is 1. The van der Waals surface area contributed by atoms with E-state index in [9.17, 15) is 4.79 Å². The summed E-state index contributed by atoms with van der Waals surface area (Å²) in [5.74, 6) is 0.897. The zero-order valence-corrected chi connectivity index (χ0v) is 11.9. The molecule has 1 aliphatic heterocycles. The van der Waals surface area contributed by atoms with E-state index < -0.39 is 0 Å². The number of hydrogen-bond donors (Lipinski definition) is 2. The van der Waals surface area contributed by atoms with Gasteiger partial charge in [0.1, 0.15) is 5.75 Å². The molecule has 0 spiro atoms. The maximum Gasteiger partial charge on any atom is 0.221 e. The van der Waals surface area contributed by atoms with Crippen molar-refractivity contribution >= 4 is 11.6 Å². The van der Waals surface area contributed by atoms with Crippen LogP contribution in [0.15, 0.2) is 12.1 Å². The van der Waals surface area contributed by atoms with E-state index in [0.29, 0.717) is 31.8 Å². The minimum absolute atomic E-state index is 0.0381. The second kappa shape index (κ2) is 6.58. The Morgan fingerprint density at radius 2 is 2.30 bits per heavy atom. The van der Waals surface area contributed by atoms with Gasteiger partial charge >= 0.3 is 0 Å². The Morgan fingerprint density at radius 1 is 1.50 bits per heavy atom. The van der Waals surface area contributed by atoms with Crippen LogP contribution >= 0.6 is 0 Å². The summed E-state index contributed by atoms with van der Waals surface area (Å²) in [6.45, 7) is 2.16. The monoisotopic (exact) mass is 279 g/mol. The van der Waals surface area contributed by atoms with E-state index in [2.05, 4.69) is 10.2 Å². The Morgan fingerprint density at radius 3 is 3.05 bits per heavy atom. The van der Waals surface area contributed by atoms with Crippen LogP contribution in [0, 0.1) is 0 Å². The lowest BCUT2D eigenvalue weighted by atomic mass is 10.1. The lowest BCUT2D eigenvalue weighted by Crippen LogP contribution is -2.27. The predicted octanol–water partition coefficient (Wildman–Crippen LogP) is 0.703. The molecular formula is C14H21N3O3. The Bertz CT molecular complexity index is 491. The maximum absolute atomic E-state index is 11.3. The number of ether oxygens (including phenoxy) is 2. The summed E-state index contributed by atoms with van der Waals surface area (Å²) in [5.41, 5.74) is 8.62. The molecule has 1 aliphatic rings. The van der Waals surface area contributed by atoms with E-state index in [1.807, 2.05) is 19.2 Å². The number of anilines is 1.